The van der Waals surface area contributed by atoms with E-state index in [0.29, 0.717) is 24.1 Å². The minimum absolute atomic E-state index is 0.161. The molecule has 2 aromatic carbocycles. The van der Waals surface area contributed by atoms with Gasteiger partial charge in [-0.25, -0.2) is 4.98 Å². The van der Waals surface area contributed by atoms with E-state index in [4.69, 9.17) is 14.1 Å². The maximum absolute atomic E-state index is 5.84. The molecule has 6 nitrogen and oxygen atoms in total. The number of ether oxygens (including phenoxy) is 1. The third-order valence-corrected chi connectivity index (χ3v) is 5.29. The first-order valence-corrected chi connectivity index (χ1v) is 10.6. The zero-order valence-electron chi connectivity index (χ0n) is 17.0. The number of aromatic nitrogens is 4. The van der Waals surface area contributed by atoms with Crippen LogP contribution in [0.3, 0.4) is 0 Å². The minimum Gasteiger partial charge on any atom is -0.494 e. The van der Waals surface area contributed by atoms with E-state index in [1.54, 1.807) is 11.8 Å². The van der Waals surface area contributed by atoms with Crippen molar-refractivity contribution in [3.63, 3.8) is 0 Å². The van der Waals surface area contributed by atoms with Gasteiger partial charge in [0.05, 0.1) is 23.4 Å². The normalized spacial score (nSPS) is 11.9. The van der Waals surface area contributed by atoms with Crippen LogP contribution in [0.2, 0.25) is 0 Å². The Labute approximate surface area is 174 Å². The average Bonchev–Trinajstić information content (AvgIpc) is 3.32. The molecule has 7 heteroatoms. The fourth-order valence-corrected chi connectivity index (χ4v) is 3.81. The molecular weight excluding hydrogens is 384 g/mol. The number of hydrogen-bond donors (Lipinski definition) is 0. The van der Waals surface area contributed by atoms with Crippen molar-refractivity contribution >= 4 is 22.8 Å². The first-order valence-electron chi connectivity index (χ1n) is 9.62. The van der Waals surface area contributed by atoms with Gasteiger partial charge in [-0.3, -0.25) is 4.57 Å². The summed E-state index contributed by atoms with van der Waals surface area (Å²) in [6.07, 6.45) is 0. The summed E-state index contributed by atoms with van der Waals surface area (Å²) in [6.45, 7) is 8.80. The van der Waals surface area contributed by atoms with Crippen LogP contribution in [0, 0.1) is 0 Å². The van der Waals surface area contributed by atoms with Crippen LogP contribution >= 0.6 is 11.8 Å². The summed E-state index contributed by atoms with van der Waals surface area (Å²) in [5.74, 6) is 2.66. The van der Waals surface area contributed by atoms with Gasteiger partial charge in [-0.1, -0.05) is 44.7 Å². The van der Waals surface area contributed by atoms with Crippen molar-refractivity contribution in [2.75, 3.05) is 6.61 Å². The Morgan fingerprint density at radius 3 is 2.48 bits per heavy atom. The lowest BCUT2D eigenvalue weighted by atomic mass is 9.97. The van der Waals surface area contributed by atoms with Gasteiger partial charge in [0.2, 0.25) is 11.8 Å². The van der Waals surface area contributed by atoms with Crippen molar-refractivity contribution in [1.29, 1.82) is 0 Å². The van der Waals surface area contributed by atoms with Crippen LogP contribution in [-0.2, 0) is 11.2 Å². The molecule has 0 saturated carbocycles. The lowest BCUT2D eigenvalue weighted by Gasteiger charge is -2.11. The van der Waals surface area contributed by atoms with Crippen LogP contribution < -0.4 is 4.74 Å². The Morgan fingerprint density at radius 1 is 1.03 bits per heavy atom. The van der Waals surface area contributed by atoms with E-state index in [0.717, 1.165) is 27.6 Å². The number of thioether (sulfide) groups is 1. The van der Waals surface area contributed by atoms with Gasteiger partial charge in [0.25, 0.3) is 0 Å². The van der Waals surface area contributed by atoms with Gasteiger partial charge in [0.15, 0.2) is 5.16 Å². The van der Waals surface area contributed by atoms with Gasteiger partial charge >= 0.3 is 0 Å². The van der Waals surface area contributed by atoms with Gasteiger partial charge in [0.1, 0.15) is 5.75 Å². The van der Waals surface area contributed by atoms with Crippen molar-refractivity contribution < 1.29 is 9.15 Å². The Balaban J connectivity index is 1.65. The Hall–Kier alpha value is -2.80. The average molecular weight is 409 g/mol. The van der Waals surface area contributed by atoms with E-state index in [1.165, 1.54) is 0 Å². The van der Waals surface area contributed by atoms with E-state index in [1.807, 2.05) is 49.4 Å². The molecule has 0 aliphatic heterocycles. The molecular formula is C22H24N4O2S. The Bertz CT molecular complexity index is 1110. The smallest absolute Gasteiger partial charge is 0.226 e. The molecule has 2 heterocycles. The van der Waals surface area contributed by atoms with E-state index < -0.39 is 0 Å². The predicted molar refractivity (Wildman–Crippen MR) is 115 cm³/mol. The SMILES string of the molecule is CCOc1ccc(-n2c(SCc3nnc(C(C)(C)C)o3)nc3ccccc32)cc1. The van der Waals surface area contributed by atoms with Crippen molar-refractivity contribution in [2.45, 2.75) is 44.0 Å². The number of rotatable bonds is 6. The van der Waals surface area contributed by atoms with Gasteiger partial charge in [-0.2, -0.15) is 0 Å². The van der Waals surface area contributed by atoms with Crippen molar-refractivity contribution in [2.24, 2.45) is 0 Å². The largest absolute Gasteiger partial charge is 0.494 e. The zero-order chi connectivity index (χ0) is 20.4. The van der Waals surface area contributed by atoms with Crippen LogP contribution in [-0.4, -0.2) is 26.4 Å². The van der Waals surface area contributed by atoms with Crippen LogP contribution in [0.5, 0.6) is 5.75 Å². The summed E-state index contributed by atoms with van der Waals surface area (Å²) in [7, 11) is 0. The third kappa shape index (κ3) is 4.15. The molecule has 0 bridgehead atoms. The molecule has 0 radical (unpaired) electrons. The molecule has 0 saturated heterocycles. The predicted octanol–water partition coefficient (Wildman–Crippen LogP) is 5.40. The Kier molecular flexibility index (Phi) is 5.32. The van der Waals surface area contributed by atoms with Crippen molar-refractivity contribution in [3.05, 3.63) is 60.3 Å². The second-order valence-corrected chi connectivity index (χ2v) is 8.63. The van der Waals surface area contributed by atoms with E-state index in [2.05, 4.69) is 41.6 Å². The molecule has 4 aromatic rings. The summed E-state index contributed by atoms with van der Waals surface area (Å²) in [6, 6.07) is 16.2. The van der Waals surface area contributed by atoms with Crippen LogP contribution in [0.15, 0.2) is 58.1 Å². The second kappa shape index (κ2) is 7.91. The number of hydrogen-bond acceptors (Lipinski definition) is 6. The number of para-hydroxylation sites is 2. The summed E-state index contributed by atoms with van der Waals surface area (Å²) >= 11 is 1.58. The highest BCUT2D eigenvalue weighted by molar-refractivity contribution is 7.98. The minimum atomic E-state index is -0.161. The van der Waals surface area contributed by atoms with E-state index in [9.17, 15) is 0 Å². The fourth-order valence-electron chi connectivity index (χ4n) is 2.95. The molecule has 0 aliphatic carbocycles. The van der Waals surface area contributed by atoms with Crippen LogP contribution in [0.4, 0.5) is 0 Å². The molecule has 0 N–H and O–H groups in total. The molecule has 0 atom stereocenters. The molecule has 150 valence electrons. The van der Waals surface area contributed by atoms with Crippen LogP contribution in [0.25, 0.3) is 16.7 Å². The molecule has 0 amide bonds. The Morgan fingerprint density at radius 2 is 1.79 bits per heavy atom. The van der Waals surface area contributed by atoms with Crippen molar-refractivity contribution in [1.82, 2.24) is 19.7 Å². The molecule has 0 fully saturated rings. The number of benzene rings is 2. The maximum atomic E-state index is 5.84. The van der Waals surface area contributed by atoms with Gasteiger partial charge in [-0.15, -0.1) is 10.2 Å². The summed E-state index contributed by atoms with van der Waals surface area (Å²) in [4.78, 5) is 4.82. The first-order chi connectivity index (χ1) is 14.0. The van der Waals surface area contributed by atoms with E-state index >= 15 is 0 Å². The standard InChI is InChI=1S/C22H24N4O2S/c1-5-27-16-12-10-15(11-13-16)26-18-9-7-6-8-17(18)23-21(26)29-14-19-24-25-20(28-19)22(2,3)4/h6-13H,5,14H2,1-4H3. The van der Waals surface area contributed by atoms with E-state index in [-0.39, 0.29) is 5.41 Å². The first kappa shape index (κ1) is 19.5. The topological polar surface area (TPSA) is 66.0 Å². The number of fused-ring (bicyclic) bond motifs is 1. The summed E-state index contributed by atoms with van der Waals surface area (Å²) in [5.41, 5.74) is 2.88. The summed E-state index contributed by atoms with van der Waals surface area (Å²) in [5, 5.41) is 9.25. The lowest BCUT2D eigenvalue weighted by Crippen LogP contribution is -2.11. The molecule has 4 rings (SSSR count). The highest BCUT2D eigenvalue weighted by atomic mass is 32.2. The van der Waals surface area contributed by atoms with Gasteiger partial charge in [0, 0.05) is 11.1 Å². The van der Waals surface area contributed by atoms with Crippen molar-refractivity contribution in [3.8, 4) is 11.4 Å². The molecule has 2 aromatic heterocycles. The molecule has 0 spiro atoms. The number of imidazole rings is 1. The van der Waals surface area contributed by atoms with Crippen LogP contribution in [0.1, 0.15) is 39.5 Å². The molecule has 0 unspecified atom stereocenters. The fraction of sp³-hybridized carbons (Fsp3) is 0.318. The maximum Gasteiger partial charge on any atom is 0.226 e. The summed E-state index contributed by atoms with van der Waals surface area (Å²) < 4.78 is 13.6. The quantitative estimate of drug-likeness (QED) is 0.398. The lowest BCUT2D eigenvalue weighted by molar-refractivity contribution is 0.340. The molecule has 29 heavy (non-hydrogen) atoms. The highest BCUT2D eigenvalue weighted by Crippen LogP contribution is 2.31. The monoisotopic (exact) mass is 408 g/mol. The number of nitrogens with zero attached hydrogens (tertiary/aromatic N) is 4. The second-order valence-electron chi connectivity index (χ2n) is 7.69. The van der Waals surface area contributed by atoms with Gasteiger partial charge < -0.3 is 9.15 Å². The third-order valence-electron chi connectivity index (χ3n) is 4.37. The highest BCUT2D eigenvalue weighted by Gasteiger charge is 2.22. The zero-order valence-corrected chi connectivity index (χ0v) is 17.9. The van der Waals surface area contributed by atoms with Gasteiger partial charge in [-0.05, 0) is 43.3 Å². The molecule has 0 aliphatic rings.